The summed E-state index contributed by atoms with van der Waals surface area (Å²) in [4.78, 5) is 45.3. The molecule has 2 aliphatic rings. The fourth-order valence-electron chi connectivity index (χ4n) is 4.81. The summed E-state index contributed by atoms with van der Waals surface area (Å²) in [6.07, 6.45) is 5.63. The number of hydrogen-bond donors (Lipinski definition) is 2. The van der Waals surface area contributed by atoms with Gasteiger partial charge >= 0.3 is 5.97 Å². The van der Waals surface area contributed by atoms with Crippen LogP contribution in [0, 0.1) is 0 Å². The molecule has 2 fully saturated rings. The van der Waals surface area contributed by atoms with Crippen LogP contribution in [-0.2, 0) is 16.0 Å². The fraction of sp³-hybridized carbons (Fsp3) is 0.267. The van der Waals surface area contributed by atoms with Crippen LogP contribution in [0.4, 0.5) is 0 Å². The Balaban J connectivity index is 1.20. The van der Waals surface area contributed by atoms with Gasteiger partial charge in [0.25, 0.3) is 5.91 Å². The zero-order valence-corrected chi connectivity index (χ0v) is 24.7. The highest BCUT2D eigenvalue weighted by molar-refractivity contribution is 8.26. The van der Waals surface area contributed by atoms with Crippen LogP contribution < -0.4 is 4.74 Å². The molecule has 0 unspecified atom stereocenters. The van der Waals surface area contributed by atoms with Crippen LogP contribution in [0.25, 0.3) is 28.6 Å². The van der Waals surface area contributed by atoms with Crippen molar-refractivity contribution in [1.82, 2.24) is 29.7 Å². The van der Waals surface area contributed by atoms with Crippen LogP contribution in [0.3, 0.4) is 0 Å². The van der Waals surface area contributed by atoms with Crippen molar-refractivity contribution in [1.29, 1.82) is 0 Å². The van der Waals surface area contributed by atoms with Gasteiger partial charge in [-0.25, -0.2) is 19.7 Å². The van der Waals surface area contributed by atoms with Crippen molar-refractivity contribution in [3.05, 3.63) is 76.6 Å². The van der Waals surface area contributed by atoms with Gasteiger partial charge in [0.1, 0.15) is 22.2 Å². The lowest BCUT2D eigenvalue weighted by Crippen LogP contribution is -2.38. The van der Waals surface area contributed by atoms with E-state index >= 15 is 0 Å². The zero-order valence-electron chi connectivity index (χ0n) is 23.1. The van der Waals surface area contributed by atoms with E-state index in [1.165, 1.54) is 11.8 Å². The Kier molecular flexibility index (Phi) is 8.74. The summed E-state index contributed by atoms with van der Waals surface area (Å²) in [6, 6.07) is 12.3. The summed E-state index contributed by atoms with van der Waals surface area (Å²) in [6.45, 7) is 4.87. The molecule has 0 atom stereocenters. The number of benzene rings is 2. The number of carbonyl (C=O) groups excluding carboxylic acids is 1. The summed E-state index contributed by atoms with van der Waals surface area (Å²) in [5, 5.41) is 9.11. The number of ether oxygens (including phenoxy) is 2. The Morgan fingerprint density at radius 3 is 2.74 bits per heavy atom. The lowest BCUT2D eigenvalue weighted by atomic mass is 10.1. The van der Waals surface area contributed by atoms with E-state index in [-0.39, 0.29) is 11.5 Å². The monoisotopic (exact) mass is 616 g/mol. The highest BCUT2D eigenvalue weighted by Gasteiger charge is 2.31. The van der Waals surface area contributed by atoms with Gasteiger partial charge in [-0.3, -0.25) is 14.6 Å². The first-order chi connectivity index (χ1) is 20.9. The summed E-state index contributed by atoms with van der Waals surface area (Å²) in [5.41, 5.74) is 3.90. The maximum absolute atomic E-state index is 13.3. The van der Waals surface area contributed by atoms with E-state index in [4.69, 9.17) is 26.8 Å². The van der Waals surface area contributed by atoms with Crippen molar-refractivity contribution in [3.63, 3.8) is 0 Å². The molecule has 0 spiro atoms. The number of fused-ring (bicyclic) bond motifs is 1. The number of aromatic nitrogens is 4. The molecule has 13 heteroatoms. The number of imidazole rings is 1. The maximum atomic E-state index is 13.3. The van der Waals surface area contributed by atoms with Crippen LogP contribution in [0.15, 0.2) is 59.9 Å². The second-order valence-electron chi connectivity index (χ2n) is 9.98. The summed E-state index contributed by atoms with van der Waals surface area (Å²) < 4.78 is 12.1. The van der Waals surface area contributed by atoms with Crippen molar-refractivity contribution < 1.29 is 24.2 Å². The molecule has 1 amide bonds. The van der Waals surface area contributed by atoms with Crippen molar-refractivity contribution >= 4 is 57.4 Å². The zero-order chi connectivity index (χ0) is 29.8. The molecule has 2 N–H and O–H groups in total. The molecule has 2 saturated heterocycles. The molecule has 11 nitrogen and oxygen atoms in total. The number of carboxylic acid groups (broad SMARTS) is 1. The second kappa shape index (κ2) is 13.0. The van der Waals surface area contributed by atoms with Crippen molar-refractivity contribution in [2.24, 2.45) is 0 Å². The Morgan fingerprint density at radius 2 is 1.95 bits per heavy atom. The van der Waals surface area contributed by atoms with E-state index in [9.17, 15) is 9.59 Å². The number of hydrogen-bond acceptors (Lipinski definition) is 10. The minimum Gasteiger partial charge on any atom is -0.491 e. The van der Waals surface area contributed by atoms with Gasteiger partial charge in [0, 0.05) is 26.2 Å². The topological polar surface area (TPSA) is 134 Å². The number of H-pyrrole nitrogens is 1. The maximum Gasteiger partial charge on any atom is 0.335 e. The first kappa shape index (κ1) is 28.9. The van der Waals surface area contributed by atoms with E-state index in [1.54, 1.807) is 41.7 Å². The van der Waals surface area contributed by atoms with Gasteiger partial charge in [0.05, 0.1) is 41.8 Å². The third-order valence-electron chi connectivity index (χ3n) is 7.19. The average molecular weight is 617 g/mol. The number of thiocarbonyl (C=S) groups is 1. The Hall–Kier alpha value is -4.17. The molecule has 0 saturated carbocycles. The number of rotatable bonds is 10. The van der Waals surface area contributed by atoms with Gasteiger partial charge in [0.15, 0.2) is 11.5 Å². The molecule has 4 heterocycles. The fourth-order valence-corrected chi connectivity index (χ4v) is 6.12. The van der Waals surface area contributed by atoms with Crippen LogP contribution in [0.5, 0.6) is 5.75 Å². The number of nitrogens with one attached hydrogen (secondary N) is 1. The predicted octanol–water partition coefficient (Wildman–Crippen LogP) is 3.87. The molecule has 4 aromatic rings. The number of aromatic amines is 1. The largest absolute Gasteiger partial charge is 0.491 e. The minimum atomic E-state index is -0.974. The Labute approximate surface area is 256 Å². The summed E-state index contributed by atoms with van der Waals surface area (Å²) in [7, 11) is 0. The number of amides is 1. The van der Waals surface area contributed by atoms with E-state index < -0.39 is 5.97 Å². The molecule has 0 bridgehead atoms. The Bertz CT molecular complexity index is 1700. The number of morpholine rings is 1. The highest BCUT2D eigenvalue weighted by atomic mass is 32.2. The van der Waals surface area contributed by atoms with Gasteiger partial charge in [-0.05, 0) is 47.9 Å². The Morgan fingerprint density at radius 1 is 1.14 bits per heavy atom. The quantitative estimate of drug-likeness (QED) is 0.199. The predicted molar refractivity (Wildman–Crippen MR) is 167 cm³/mol. The normalized spacial score (nSPS) is 16.8. The molecular weight excluding hydrogens is 589 g/mol. The third-order valence-corrected chi connectivity index (χ3v) is 8.56. The van der Waals surface area contributed by atoms with Crippen LogP contribution in [0.1, 0.15) is 21.5 Å². The molecule has 0 aliphatic carbocycles. The lowest BCUT2D eigenvalue weighted by Gasteiger charge is -2.26. The standard InChI is InChI=1S/C30H28N6O5S2/c37-28-25(43-30(42)36(28)8-7-19-1-4-21(5-2-19)29(38)39)16-20-3-6-24(41-14-11-35-9-12-40-13-10-35)22(15-20)26-31-17-23-27(34-26)33-18-32-23/h1-6,15-18H,7-14H2,(H,38,39)(H,31,32,33,34)/b25-16-. The molecule has 2 aliphatic heterocycles. The van der Waals surface area contributed by atoms with Crippen LogP contribution >= 0.6 is 24.0 Å². The molecule has 6 rings (SSSR count). The van der Waals surface area contributed by atoms with Crippen molar-refractivity contribution in [2.75, 3.05) is 46.0 Å². The number of thioether (sulfide) groups is 1. The number of carbonyl (C=O) groups is 2. The van der Waals surface area contributed by atoms with E-state index in [2.05, 4.69) is 24.8 Å². The van der Waals surface area contributed by atoms with Gasteiger partial charge in [-0.15, -0.1) is 0 Å². The molecule has 0 radical (unpaired) electrons. The number of carboxylic acids is 1. The highest BCUT2D eigenvalue weighted by Crippen LogP contribution is 2.35. The third kappa shape index (κ3) is 6.75. The molecule has 43 heavy (non-hydrogen) atoms. The van der Waals surface area contributed by atoms with Crippen molar-refractivity contribution in [2.45, 2.75) is 6.42 Å². The smallest absolute Gasteiger partial charge is 0.335 e. The molecule has 2 aromatic heterocycles. The van der Waals surface area contributed by atoms with Gasteiger partial charge in [-0.1, -0.05) is 42.2 Å². The van der Waals surface area contributed by atoms with E-state index in [0.29, 0.717) is 51.6 Å². The first-order valence-electron chi connectivity index (χ1n) is 13.8. The van der Waals surface area contributed by atoms with Gasteiger partial charge < -0.3 is 19.6 Å². The molecular formula is C30H28N6O5S2. The first-order valence-corrected chi connectivity index (χ1v) is 15.0. The van der Waals surface area contributed by atoms with E-state index in [0.717, 1.165) is 49.5 Å². The van der Waals surface area contributed by atoms with Crippen LogP contribution in [-0.4, -0.2) is 97.0 Å². The average Bonchev–Trinajstić information content (AvgIpc) is 3.60. The van der Waals surface area contributed by atoms with E-state index in [1.807, 2.05) is 24.3 Å². The lowest BCUT2D eigenvalue weighted by molar-refractivity contribution is -0.122. The minimum absolute atomic E-state index is 0.168. The van der Waals surface area contributed by atoms with Crippen LogP contribution in [0.2, 0.25) is 0 Å². The molecule has 220 valence electrons. The second-order valence-corrected chi connectivity index (χ2v) is 11.7. The van der Waals surface area contributed by atoms with Gasteiger partial charge in [0.2, 0.25) is 0 Å². The number of nitrogens with zero attached hydrogens (tertiary/aromatic N) is 5. The SMILES string of the molecule is O=C(O)c1ccc(CCN2C(=O)/C(=C/c3ccc(OCCN4CCOCC4)c(-c4ncc5[nH]cnc5n4)c3)SC2=S)cc1. The summed E-state index contributed by atoms with van der Waals surface area (Å²) >= 11 is 6.79. The molecule has 2 aromatic carbocycles. The number of aromatic carboxylic acids is 1. The van der Waals surface area contributed by atoms with Crippen molar-refractivity contribution in [3.8, 4) is 17.1 Å². The van der Waals surface area contributed by atoms with Gasteiger partial charge in [-0.2, -0.15) is 0 Å². The summed E-state index contributed by atoms with van der Waals surface area (Å²) in [5.74, 6) is -0.0317.